The molecular formula is C17H21NO8. The molecule has 9 heteroatoms. The Hall–Kier alpha value is -2.97. The number of fused-ring (bicyclic) bond motifs is 1. The molecule has 0 aliphatic carbocycles. The molecule has 1 aliphatic rings. The summed E-state index contributed by atoms with van der Waals surface area (Å²) in [7, 11) is 1.58. The molecule has 0 saturated heterocycles. The number of ether oxygens (including phenoxy) is 4. The molecule has 1 aliphatic heterocycles. The van der Waals surface area contributed by atoms with Crippen molar-refractivity contribution in [3.05, 3.63) is 23.8 Å². The fraction of sp³-hybridized carbons (Fsp3) is 0.471. The van der Waals surface area contributed by atoms with Gasteiger partial charge in [0.2, 0.25) is 13.6 Å². The standard InChI is InChI=1S/C17H21NO8/c1-11(7-12-3-4-13-14(8-12)24-9-23-13)18(2)17(22)26-10-25-16(21)6-5-15(19)20/h3-4,8,11H,5-7,9-10H2,1-2H3,(H,19,20). The van der Waals surface area contributed by atoms with Gasteiger partial charge in [0.1, 0.15) is 0 Å². The van der Waals surface area contributed by atoms with Crippen LogP contribution in [0.25, 0.3) is 0 Å². The highest BCUT2D eigenvalue weighted by Gasteiger charge is 2.20. The first-order chi connectivity index (χ1) is 12.4. The van der Waals surface area contributed by atoms with Crippen LogP contribution < -0.4 is 9.47 Å². The molecule has 26 heavy (non-hydrogen) atoms. The number of benzene rings is 1. The number of esters is 1. The summed E-state index contributed by atoms with van der Waals surface area (Å²) in [6, 6.07) is 5.40. The molecule has 1 aromatic carbocycles. The van der Waals surface area contributed by atoms with Crippen LogP contribution in [0.15, 0.2) is 18.2 Å². The number of amides is 1. The Morgan fingerprint density at radius 3 is 2.65 bits per heavy atom. The van der Waals surface area contributed by atoms with Crippen LogP contribution in [-0.4, -0.2) is 54.7 Å². The summed E-state index contributed by atoms with van der Waals surface area (Å²) < 4.78 is 20.1. The van der Waals surface area contributed by atoms with Gasteiger partial charge in [0.25, 0.3) is 0 Å². The molecule has 1 amide bonds. The molecule has 1 atom stereocenters. The molecule has 2 rings (SSSR count). The van der Waals surface area contributed by atoms with Gasteiger partial charge in [-0.1, -0.05) is 6.07 Å². The zero-order valence-corrected chi connectivity index (χ0v) is 14.6. The van der Waals surface area contributed by atoms with E-state index in [0.29, 0.717) is 17.9 Å². The van der Waals surface area contributed by atoms with Crippen molar-refractivity contribution in [1.29, 1.82) is 0 Å². The molecule has 9 nitrogen and oxygen atoms in total. The Bertz CT molecular complexity index is 675. The average Bonchev–Trinajstić information content (AvgIpc) is 3.06. The summed E-state index contributed by atoms with van der Waals surface area (Å²) in [5, 5.41) is 8.47. The molecule has 142 valence electrons. The number of carboxylic acids is 1. The summed E-state index contributed by atoms with van der Waals surface area (Å²) in [4.78, 5) is 35.0. The van der Waals surface area contributed by atoms with Gasteiger partial charge >= 0.3 is 18.0 Å². The minimum absolute atomic E-state index is 0.175. The van der Waals surface area contributed by atoms with Gasteiger partial charge in [0.05, 0.1) is 12.8 Å². The Labute approximate surface area is 150 Å². The predicted octanol–water partition coefficient (Wildman–Crippen LogP) is 1.78. The summed E-state index contributed by atoms with van der Waals surface area (Å²) in [5.74, 6) is -0.473. The van der Waals surface area contributed by atoms with Crippen LogP contribution in [0.1, 0.15) is 25.3 Å². The van der Waals surface area contributed by atoms with E-state index < -0.39 is 24.8 Å². The third-order valence-corrected chi connectivity index (χ3v) is 3.86. The van der Waals surface area contributed by atoms with Gasteiger partial charge in [-0.25, -0.2) is 4.79 Å². The monoisotopic (exact) mass is 367 g/mol. The molecule has 0 bridgehead atoms. The first-order valence-corrected chi connectivity index (χ1v) is 8.02. The highest BCUT2D eigenvalue weighted by atomic mass is 16.7. The molecule has 0 radical (unpaired) electrons. The van der Waals surface area contributed by atoms with Crippen LogP contribution in [0.5, 0.6) is 11.5 Å². The SMILES string of the molecule is CC(Cc1ccc2c(c1)OCO2)N(C)C(=O)OCOC(=O)CCC(=O)O. The number of likely N-dealkylation sites (N-methyl/N-ethyl adjacent to an activating group) is 1. The van der Waals surface area contributed by atoms with Crippen LogP contribution >= 0.6 is 0 Å². The molecule has 1 unspecified atom stereocenters. The van der Waals surface area contributed by atoms with Gasteiger partial charge in [0, 0.05) is 13.1 Å². The van der Waals surface area contributed by atoms with Crippen LogP contribution in [0.3, 0.4) is 0 Å². The first kappa shape index (κ1) is 19.4. The van der Waals surface area contributed by atoms with Crippen molar-refractivity contribution in [3.8, 4) is 11.5 Å². The zero-order chi connectivity index (χ0) is 19.1. The molecule has 0 fully saturated rings. The third-order valence-electron chi connectivity index (χ3n) is 3.86. The van der Waals surface area contributed by atoms with E-state index in [4.69, 9.17) is 19.3 Å². The third kappa shape index (κ3) is 5.54. The van der Waals surface area contributed by atoms with Gasteiger partial charge < -0.3 is 29.0 Å². The fourth-order valence-corrected chi connectivity index (χ4v) is 2.25. The van der Waals surface area contributed by atoms with Crippen LogP contribution in [0.2, 0.25) is 0 Å². The molecular weight excluding hydrogens is 346 g/mol. The number of carbonyl (C=O) groups is 3. The Kier molecular flexibility index (Phi) is 6.65. The second-order valence-corrected chi connectivity index (χ2v) is 5.79. The maximum Gasteiger partial charge on any atom is 0.412 e. The quantitative estimate of drug-likeness (QED) is 0.547. The number of aliphatic carboxylic acids is 1. The number of hydrogen-bond acceptors (Lipinski definition) is 7. The zero-order valence-electron chi connectivity index (χ0n) is 14.6. The van der Waals surface area contributed by atoms with Gasteiger partial charge in [-0.2, -0.15) is 0 Å². The highest BCUT2D eigenvalue weighted by Crippen LogP contribution is 2.32. The van der Waals surface area contributed by atoms with Crippen LogP contribution in [-0.2, 0) is 25.5 Å². The van der Waals surface area contributed by atoms with Crippen molar-refractivity contribution in [1.82, 2.24) is 4.90 Å². The van der Waals surface area contributed by atoms with Crippen molar-refractivity contribution >= 4 is 18.0 Å². The maximum absolute atomic E-state index is 12.0. The first-order valence-electron chi connectivity index (χ1n) is 8.02. The maximum atomic E-state index is 12.0. The second-order valence-electron chi connectivity index (χ2n) is 5.79. The predicted molar refractivity (Wildman–Crippen MR) is 87.8 cm³/mol. The molecule has 1 N–H and O–H groups in total. The van der Waals surface area contributed by atoms with E-state index >= 15 is 0 Å². The summed E-state index contributed by atoms with van der Waals surface area (Å²) in [6.45, 7) is 1.49. The lowest BCUT2D eigenvalue weighted by Gasteiger charge is -2.24. The lowest BCUT2D eigenvalue weighted by Crippen LogP contribution is -2.37. The lowest BCUT2D eigenvalue weighted by molar-refractivity contribution is -0.154. The average molecular weight is 367 g/mol. The summed E-state index contributed by atoms with van der Waals surface area (Å²) in [6.07, 6.45) is -0.687. The topological polar surface area (TPSA) is 112 Å². The number of carboxylic acid groups (broad SMARTS) is 1. The number of hydrogen-bond donors (Lipinski definition) is 1. The van der Waals surface area contributed by atoms with E-state index in [1.165, 1.54) is 4.90 Å². The molecule has 0 aromatic heterocycles. The summed E-state index contributed by atoms with van der Waals surface area (Å²) in [5.41, 5.74) is 0.974. The Morgan fingerprint density at radius 1 is 1.19 bits per heavy atom. The van der Waals surface area contributed by atoms with E-state index in [1.54, 1.807) is 7.05 Å². The van der Waals surface area contributed by atoms with Crippen LogP contribution in [0.4, 0.5) is 4.79 Å². The van der Waals surface area contributed by atoms with Gasteiger partial charge in [0.15, 0.2) is 11.5 Å². The number of nitrogens with zero attached hydrogens (tertiary/aromatic N) is 1. The minimum atomic E-state index is -1.10. The van der Waals surface area contributed by atoms with E-state index in [0.717, 1.165) is 5.56 Å². The van der Waals surface area contributed by atoms with Crippen molar-refractivity contribution in [3.63, 3.8) is 0 Å². The normalized spacial score (nSPS) is 13.0. The summed E-state index contributed by atoms with van der Waals surface area (Å²) >= 11 is 0. The number of carbonyl (C=O) groups excluding carboxylic acids is 2. The minimum Gasteiger partial charge on any atom is -0.481 e. The smallest absolute Gasteiger partial charge is 0.412 e. The van der Waals surface area contributed by atoms with Crippen LogP contribution in [0, 0.1) is 0 Å². The van der Waals surface area contributed by atoms with E-state index in [1.807, 2.05) is 25.1 Å². The Morgan fingerprint density at radius 2 is 1.92 bits per heavy atom. The van der Waals surface area contributed by atoms with Crippen molar-refractivity contribution in [2.24, 2.45) is 0 Å². The molecule has 0 saturated carbocycles. The van der Waals surface area contributed by atoms with Crippen molar-refractivity contribution < 1.29 is 38.4 Å². The van der Waals surface area contributed by atoms with Crippen molar-refractivity contribution in [2.75, 3.05) is 20.6 Å². The van der Waals surface area contributed by atoms with E-state index in [-0.39, 0.29) is 25.7 Å². The second kappa shape index (κ2) is 8.93. The molecule has 1 aromatic rings. The van der Waals surface area contributed by atoms with Gasteiger partial charge in [-0.3, -0.25) is 9.59 Å². The van der Waals surface area contributed by atoms with E-state index in [9.17, 15) is 14.4 Å². The highest BCUT2D eigenvalue weighted by molar-refractivity contribution is 5.76. The number of rotatable bonds is 8. The van der Waals surface area contributed by atoms with Crippen molar-refractivity contribution in [2.45, 2.75) is 32.2 Å². The largest absolute Gasteiger partial charge is 0.481 e. The van der Waals surface area contributed by atoms with E-state index in [2.05, 4.69) is 4.74 Å². The lowest BCUT2D eigenvalue weighted by atomic mass is 10.1. The van der Waals surface area contributed by atoms with Gasteiger partial charge in [-0.05, 0) is 31.0 Å². The molecule has 1 heterocycles. The molecule has 0 spiro atoms. The van der Waals surface area contributed by atoms with Gasteiger partial charge in [-0.15, -0.1) is 0 Å². The fourth-order valence-electron chi connectivity index (χ4n) is 2.25. The Balaban J connectivity index is 1.74.